The third-order valence-corrected chi connectivity index (χ3v) is 4.74. The van der Waals surface area contributed by atoms with Gasteiger partial charge in [0.05, 0.1) is 11.7 Å². The van der Waals surface area contributed by atoms with E-state index < -0.39 is 0 Å². The Morgan fingerprint density at radius 1 is 1.32 bits per heavy atom. The van der Waals surface area contributed by atoms with E-state index in [4.69, 9.17) is 0 Å². The van der Waals surface area contributed by atoms with Crippen molar-refractivity contribution >= 4 is 5.91 Å². The lowest BCUT2D eigenvalue weighted by Crippen LogP contribution is -2.32. The average molecular weight is 343 g/mol. The van der Waals surface area contributed by atoms with Gasteiger partial charge in [-0.3, -0.25) is 9.48 Å². The van der Waals surface area contributed by atoms with Crippen molar-refractivity contribution in [3.8, 4) is 0 Å². The predicted octanol–water partition coefficient (Wildman–Crippen LogP) is 4.22. The Morgan fingerprint density at radius 2 is 2.04 bits per heavy atom. The van der Waals surface area contributed by atoms with E-state index in [1.54, 1.807) is 16.8 Å². The Bertz CT molecular complexity index is 736. The third kappa shape index (κ3) is 3.75. The quantitative estimate of drug-likeness (QED) is 0.815. The molecule has 2 heterocycles. The molecule has 1 atom stereocenters. The van der Waals surface area contributed by atoms with E-state index in [0.717, 1.165) is 37.1 Å². The molecule has 4 nitrogen and oxygen atoms in total. The van der Waals surface area contributed by atoms with E-state index in [0.29, 0.717) is 18.2 Å². The second-order valence-corrected chi connectivity index (χ2v) is 7.14. The maximum atomic E-state index is 13.2. The standard InChI is InChI=1S/C20H26FN3O/c1-4-24-19(13-17(22-24)12-14(2)3)20(25)23-11-5-6-18(23)15-7-9-16(21)10-8-15/h7-10,13-14,18H,4-6,11-12H2,1-3H3/t18-/m1/s1. The molecule has 0 unspecified atom stereocenters. The summed E-state index contributed by atoms with van der Waals surface area (Å²) >= 11 is 0. The monoisotopic (exact) mass is 343 g/mol. The number of hydrogen-bond donors (Lipinski definition) is 0. The number of aryl methyl sites for hydroxylation is 1. The second-order valence-electron chi connectivity index (χ2n) is 7.14. The van der Waals surface area contributed by atoms with Gasteiger partial charge in [0.2, 0.25) is 0 Å². The Morgan fingerprint density at radius 3 is 2.68 bits per heavy atom. The van der Waals surface area contributed by atoms with Crippen molar-refractivity contribution < 1.29 is 9.18 Å². The number of halogens is 1. The molecular weight excluding hydrogens is 317 g/mol. The molecule has 25 heavy (non-hydrogen) atoms. The zero-order valence-electron chi connectivity index (χ0n) is 15.2. The van der Waals surface area contributed by atoms with Crippen LogP contribution in [0.1, 0.15) is 61.4 Å². The fourth-order valence-electron chi connectivity index (χ4n) is 3.59. The molecule has 134 valence electrons. The maximum Gasteiger partial charge on any atom is 0.272 e. The summed E-state index contributed by atoms with van der Waals surface area (Å²) in [6.45, 7) is 7.71. The van der Waals surface area contributed by atoms with E-state index in [9.17, 15) is 9.18 Å². The van der Waals surface area contributed by atoms with Crippen LogP contribution in [0.4, 0.5) is 4.39 Å². The van der Waals surface area contributed by atoms with Crippen molar-refractivity contribution in [3.63, 3.8) is 0 Å². The molecule has 2 aromatic rings. The number of aromatic nitrogens is 2. The van der Waals surface area contributed by atoms with Gasteiger partial charge < -0.3 is 4.90 Å². The maximum absolute atomic E-state index is 13.2. The highest BCUT2D eigenvalue weighted by Gasteiger charge is 2.32. The van der Waals surface area contributed by atoms with Crippen molar-refractivity contribution in [2.45, 2.75) is 52.6 Å². The number of likely N-dealkylation sites (tertiary alicyclic amines) is 1. The highest BCUT2D eigenvalue weighted by atomic mass is 19.1. The average Bonchev–Trinajstić information content (AvgIpc) is 3.21. The van der Waals surface area contributed by atoms with Crippen LogP contribution in [-0.4, -0.2) is 27.1 Å². The van der Waals surface area contributed by atoms with Crippen LogP contribution in [0.2, 0.25) is 0 Å². The minimum Gasteiger partial charge on any atom is -0.330 e. The fraction of sp³-hybridized carbons (Fsp3) is 0.500. The van der Waals surface area contributed by atoms with Crippen molar-refractivity contribution in [1.82, 2.24) is 14.7 Å². The summed E-state index contributed by atoms with van der Waals surface area (Å²) in [4.78, 5) is 15.1. The first-order valence-corrected chi connectivity index (χ1v) is 9.12. The molecule has 1 saturated heterocycles. The Balaban J connectivity index is 1.86. The van der Waals surface area contributed by atoms with Gasteiger partial charge in [0.25, 0.3) is 5.91 Å². The fourth-order valence-corrected chi connectivity index (χ4v) is 3.59. The Kier molecular flexibility index (Phi) is 5.21. The number of benzene rings is 1. The zero-order valence-corrected chi connectivity index (χ0v) is 15.2. The number of carbonyl (C=O) groups excluding carboxylic acids is 1. The van der Waals surface area contributed by atoms with Crippen LogP contribution in [-0.2, 0) is 13.0 Å². The summed E-state index contributed by atoms with van der Waals surface area (Å²) in [6, 6.07) is 8.45. The number of rotatable bonds is 5. The van der Waals surface area contributed by atoms with Crippen molar-refractivity contribution in [2.75, 3.05) is 6.54 Å². The Labute approximate surface area is 148 Å². The SMILES string of the molecule is CCn1nc(CC(C)C)cc1C(=O)N1CCC[C@@H]1c1ccc(F)cc1. The largest absolute Gasteiger partial charge is 0.330 e. The van der Waals surface area contributed by atoms with Gasteiger partial charge in [-0.2, -0.15) is 5.10 Å². The topological polar surface area (TPSA) is 38.1 Å². The van der Waals surface area contributed by atoms with Gasteiger partial charge in [-0.15, -0.1) is 0 Å². The third-order valence-electron chi connectivity index (χ3n) is 4.74. The molecule has 5 heteroatoms. The van der Waals surface area contributed by atoms with E-state index in [-0.39, 0.29) is 17.8 Å². The lowest BCUT2D eigenvalue weighted by atomic mass is 10.0. The molecule has 0 saturated carbocycles. The molecule has 0 bridgehead atoms. The van der Waals surface area contributed by atoms with E-state index in [2.05, 4.69) is 18.9 Å². The molecular formula is C20H26FN3O. The van der Waals surface area contributed by atoms with Crippen LogP contribution >= 0.6 is 0 Å². The van der Waals surface area contributed by atoms with Gasteiger partial charge in [-0.25, -0.2) is 4.39 Å². The summed E-state index contributed by atoms with van der Waals surface area (Å²) in [5.74, 6) is 0.278. The smallest absolute Gasteiger partial charge is 0.272 e. The molecule has 3 rings (SSSR count). The molecule has 0 N–H and O–H groups in total. The number of nitrogens with zero attached hydrogens (tertiary/aromatic N) is 3. The van der Waals surface area contributed by atoms with Gasteiger partial charge in [0.1, 0.15) is 11.5 Å². The summed E-state index contributed by atoms with van der Waals surface area (Å²) < 4.78 is 15.0. The zero-order chi connectivity index (χ0) is 18.0. The minimum atomic E-state index is -0.248. The molecule has 1 aromatic carbocycles. The van der Waals surface area contributed by atoms with Gasteiger partial charge in [-0.05, 0) is 55.9 Å². The molecule has 0 aliphatic carbocycles. The van der Waals surface area contributed by atoms with Gasteiger partial charge >= 0.3 is 0 Å². The second kappa shape index (κ2) is 7.38. The van der Waals surface area contributed by atoms with E-state index in [1.165, 1.54) is 12.1 Å². The highest BCUT2D eigenvalue weighted by Crippen LogP contribution is 2.33. The summed E-state index contributed by atoms with van der Waals surface area (Å²) in [7, 11) is 0. The molecule has 1 aliphatic heterocycles. The molecule has 0 radical (unpaired) electrons. The van der Waals surface area contributed by atoms with Gasteiger partial charge in [0, 0.05) is 13.1 Å². The van der Waals surface area contributed by atoms with Crippen molar-refractivity contribution in [2.24, 2.45) is 5.92 Å². The predicted molar refractivity (Wildman–Crippen MR) is 95.9 cm³/mol. The molecule has 1 aliphatic rings. The van der Waals surface area contributed by atoms with Crippen LogP contribution in [0.15, 0.2) is 30.3 Å². The number of hydrogen-bond acceptors (Lipinski definition) is 2. The highest BCUT2D eigenvalue weighted by molar-refractivity contribution is 5.93. The van der Waals surface area contributed by atoms with Crippen molar-refractivity contribution in [1.29, 1.82) is 0 Å². The molecule has 1 amide bonds. The first-order valence-electron chi connectivity index (χ1n) is 9.12. The van der Waals surface area contributed by atoms with Crippen LogP contribution in [0, 0.1) is 11.7 Å². The van der Waals surface area contributed by atoms with Crippen LogP contribution in [0.3, 0.4) is 0 Å². The summed E-state index contributed by atoms with van der Waals surface area (Å²) in [6.07, 6.45) is 2.75. The number of carbonyl (C=O) groups is 1. The normalized spacial score (nSPS) is 17.5. The van der Waals surface area contributed by atoms with Crippen LogP contribution in [0.5, 0.6) is 0 Å². The number of amides is 1. The molecule has 1 fully saturated rings. The van der Waals surface area contributed by atoms with Crippen LogP contribution in [0.25, 0.3) is 0 Å². The van der Waals surface area contributed by atoms with E-state index >= 15 is 0 Å². The van der Waals surface area contributed by atoms with Gasteiger partial charge in [-0.1, -0.05) is 26.0 Å². The first kappa shape index (κ1) is 17.6. The lowest BCUT2D eigenvalue weighted by Gasteiger charge is -2.25. The summed E-state index contributed by atoms with van der Waals surface area (Å²) in [5.41, 5.74) is 2.63. The van der Waals surface area contributed by atoms with Crippen LogP contribution < -0.4 is 0 Å². The Hall–Kier alpha value is -2.17. The van der Waals surface area contributed by atoms with Gasteiger partial charge in [0.15, 0.2) is 0 Å². The molecule has 1 aromatic heterocycles. The summed E-state index contributed by atoms with van der Waals surface area (Å²) in [5, 5.41) is 4.59. The minimum absolute atomic E-state index is 0.0156. The molecule has 0 spiro atoms. The van der Waals surface area contributed by atoms with E-state index in [1.807, 2.05) is 17.9 Å². The first-order chi connectivity index (χ1) is 12.0. The van der Waals surface area contributed by atoms with Crippen molar-refractivity contribution in [3.05, 3.63) is 53.1 Å². The lowest BCUT2D eigenvalue weighted by molar-refractivity contribution is 0.0723.